The third-order valence-corrected chi connectivity index (χ3v) is 4.79. The topological polar surface area (TPSA) is 75.9 Å². The van der Waals surface area contributed by atoms with Gasteiger partial charge in [-0.05, 0) is 30.7 Å². The number of fused-ring (bicyclic) bond motifs is 1. The van der Waals surface area contributed by atoms with Crippen molar-refractivity contribution < 1.29 is 9.53 Å². The number of benzene rings is 1. The number of anilines is 1. The van der Waals surface area contributed by atoms with Gasteiger partial charge in [-0.2, -0.15) is 14.6 Å². The zero-order chi connectivity index (χ0) is 19.5. The molecule has 0 atom stereocenters. The average Bonchev–Trinajstić information content (AvgIpc) is 3.20. The Balaban J connectivity index is 1.41. The first kappa shape index (κ1) is 18.0. The lowest BCUT2D eigenvalue weighted by molar-refractivity contribution is -0.126. The van der Waals surface area contributed by atoms with E-state index in [1.807, 2.05) is 48.2 Å². The summed E-state index contributed by atoms with van der Waals surface area (Å²) in [5.74, 6) is 2.34. The minimum atomic E-state index is 0.0132. The van der Waals surface area contributed by atoms with Gasteiger partial charge >= 0.3 is 0 Å². The molecular weight excluding hydrogens is 356 g/mol. The highest BCUT2D eigenvalue weighted by atomic mass is 16.5. The van der Waals surface area contributed by atoms with Crippen molar-refractivity contribution in [3.63, 3.8) is 0 Å². The Bertz CT molecular complexity index is 1020. The van der Waals surface area contributed by atoms with Gasteiger partial charge < -0.3 is 14.5 Å². The SMILES string of the molecule is COc1cccc(/C=C/C(=O)N2CCN(c3cc(C)nc4ncnn34)CC2)c1. The van der Waals surface area contributed by atoms with E-state index in [0.717, 1.165) is 35.9 Å². The second-order valence-corrected chi connectivity index (χ2v) is 6.65. The van der Waals surface area contributed by atoms with Crippen LogP contribution in [0.4, 0.5) is 5.82 Å². The summed E-state index contributed by atoms with van der Waals surface area (Å²) in [6.45, 7) is 4.72. The normalized spacial score (nSPS) is 14.8. The van der Waals surface area contributed by atoms with Gasteiger partial charge in [0.25, 0.3) is 5.78 Å². The summed E-state index contributed by atoms with van der Waals surface area (Å²) in [4.78, 5) is 25.2. The van der Waals surface area contributed by atoms with E-state index in [0.29, 0.717) is 18.9 Å². The van der Waals surface area contributed by atoms with Gasteiger partial charge in [0, 0.05) is 44.0 Å². The fraction of sp³-hybridized carbons (Fsp3) is 0.300. The fourth-order valence-electron chi connectivity index (χ4n) is 3.31. The monoisotopic (exact) mass is 378 g/mol. The number of aryl methyl sites for hydroxylation is 1. The van der Waals surface area contributed by atoms with Gasteiger partial charge in [-0.3, -0.25) is 4.79 Å². The Morgan fingerprint density at radius 3 is 2.79 bits per heavy atom. The van der Waals surface area contributed by atoms with E-state index >= 15 is 0 Å². The Morgan fingerprint density at radius 1 is 1.18 bits per heavy atom. The van der Waals surface area contributed by atoms with Crippen LogP contribution in [0.2, 0.25) is 0 Å². The van der Waals surface area contributed by atoms with E-state index in [1.165, 1.54) is 6.33 Å². The molecule has 3 aromatic rings. The molecule has 0 unspecified atom stereocenters. The van der Waals surface area contributed by atoms with Crippen molar-refractivity contribution in [1.82, 2.24) is 24.5 Å². The molecule has 3 heterocycles. The van der Waals surface area contributed by atoms with E-state index in [9.17, 15) is 4.79 Å². The summed E-state index contributed by atoms with van der Waals surface area (Å²) >= 11 is 0. The van der Waals surface area contributed by atoms with Crippen molar-refractivity contribution in [1.29, 1.82) is 0 Å². The molecule has 1 aromatic carbocycles. The number of nitrogens with zero attached hydrogens (tertiary/aromatic N) is 6. The molecule has 0 bridgehead atoms. The first-order valence-electron chi connectivity index (χ1n) is 9.17. The standard InChI is InChI=1S/C20H22N6O2/c1-15-12-18(26-20(23-15)21-14-22-26)24-8-10-25(11-9-24)19(27)7-6-16-4-3-5-17(13-16)28-2/h3-7,12-14H,8-11H2,1-2H3/b7-6+. The van der Waals surface area contributed by atoms with Crippen LogP contribution in [0.25, 0.3) is 11.9 Å². The van der Waals surface area contributed by atoms with Gasteiger partial charge in [-0.1, -0.05) is 12.1 Å². The molecule has 8 nitrogen and oxygen atoms in total. The smallest absolute Gasteiger partial charge is 0.254 e. The van der Waals surface area contributed by atoms with Crippen LogP contribution in [-0.4, -0.2) is 63.7 Å². The third-order valence-electron chi connectivity index (χ3n) is 4.79. The Labute approximate surface area is 163 Å². The average molecular weight is 378 g/mol. The highest BCUT2D eigenvalue weighted by Crippen LogP contribution is 2.18. The summed E-state index contributed by atoms with van der Waals surface area (Å²) in [5, 5.41) is 4.27. The van der Waals surface area contributed by atoms with Crippen LogP contribution < -0.4 is 9.64 Å². The van der Waals surface area contributed by atoms with Crippen molar-refractivity contribution in [2.75, 3.05) is 38.2 Å². The molecule has 144 valence electrons. The summed E-state index contributed by atoms with van der Waals surface area (Å²) in [6, 6.07) is 9.63. The van der Waals surface area contributed by atoms with Crippen molar-refractivity contribution in [3.8, 4) is 5.75 Å². The molecule has 0 radical (unpaired) electrons. The molecule has 2 aromatic heterocycles. The predicted molar refractivity (Wildman–Crippen MR) is 106 cm³/mol. The van der Waals surface area contributed by atoms with Gasteiger partial charge in [0.1, 0.15) is 17.9 Å². The molecule has 8 heteroatoms. The maximum Gasteiger partial charge on any atom is 0.254 e. The van der Waals surface area contributed by atoms with Crippen molar-refractivity contribution >= 4 is 23.6 Å². The maximum absolute atomic E-state index is 12.5. The van der Waals surface area contributed by atoms with E-state index < -0.39 is 0 Å². The zero-order valence-electron chi connectivity index (χ0n) is 15.9. The van der Waals surface area contributed by atoms with E-state index in [-0.39, 0.29) is 5.91 Å². The van der Waals surface area contributed by atoms with Crippen LogP contribution >= 0.6 is 0 Å². The highest BCUT2D eigenvalue weighted by molar-refractivity contribution is 5.92. The van der Waals surface area contributed by atoms with Crippen molar-refractivity contribution in [3.05, 3.63) is 54.0 Å². The number of piperazine rings is 1. The van der Waals surface area contributed by atoms with Crippen LogP contribution in [0.1, 0.15) is 11.3 Å². The van der Waals surface area contributed by atoms with Gasteiger partial charge in [0.15, 0.2) is 0 Å². The van der Waals surface area contributed by atoms with E-state index in [1.54, 1.807) is 17.7 Å². The van der Waals surface area contributed by atoms with Crippen LogP contribution in [0.15, 0.2) is 42.7 Å². The summed E-state index contributed by atoms with van der Waals surface area (Å²) in [6.07, 6.45) is 4.95. The molecule has 1 amide bonds. The molecule has 1 fully saturated rings. The summed E-state index contributed by atoms with van der Waals surface area (Å²) in [7, 11) is 1.63. The largest absolute Gasteiger partial charge is 0.497 e. The molecule has 0 saturated carbocycles. The Hall–Kier alpha value is -3.42. The van der Waals surface area contributed by atoms with Crippen LogP contribution in [0.5, 0.6) is 5.75 Å². The quantitative estimate of drug-likeness (QED) is 0.645. The predicted octanol–water partition coefficient (Wildman–Crippen LogP) is 1.80. The molecule has 0 aliphatic carbocycles. The van der Waals surface area contributed by atoms with Gasteiger partial charge in [0.2, 0.25) is 5.91 Å². The highest BCUT2D eigenvalue weighted by Gasteiger charge is 2.22. The Kier molecular flexibility index (Phi) is 4.92. The molecule has 0 N–H and O–H groups in total. The zero-order valence-corrected chi connectivity index (χ0v) is 15.9. The lowest BCUT2D eigenvalue weighted by atomic mass is 10.2. The lowest BCUT2D eigenvalue weighted by Gasteiger charge is -2.35. The number of hydrogen-bond acceptors (Lipinski definition) is 6. The molecule has 1 saturated heterocycles. The van der Waals surface area contributed by atoms with E-state index in [2.05, 4.69) is 20.0 Å². The lowest BCUT2D eigenvalue weighted by Crippen LogP contribution is -2.48. The number of carbonyl (C=O) groups excluding carboxylic acids is 1. The number of hydrogen-bond donors (Lipinski definition) is 0. The second kappa shape index (κ2) is 7.67. The molecule has 1 aliphatic heterocycles. The van der Waals surface area contributed by atoms with Gasteiger partial charge in [-0.15, -0.1) is 0 Å². The summed E-state index contributed by atoms with van der Waals surface area (Å²) < 4.78 is 6.96. The molecule has 0 spiro atoms. The van der Waals surface area contributed by atoms with Crippen molar-refractivity contribution in [2.24, 2.45) is 0 Å². The number of amides is 1. The van der Waals surface area contributed by atoms with Gasteiger partial charge in [-0.25, -0.2) is 4.98 Å². The molecular formula is C20H22N6O2. The Morgan fingerprint density at radius 2 is 2.00 bits per heavy atom. The molecule has 4 rings (SSSR count). The summed E-state index contributed by atoms with van der Waals surface area (Å²) in [5.41, 5.74) is 1.84. The van der Waals surface area contributed by atoms with Crippen LogP contribution in [-0.2, 0) is 4.79 Å². The number of methoxy groups -OCH3 is 1. The number of rotatable bonds is 4. The van der Waals surface area contributed by atoms with Crippen LogP contribution in [0, 0.1) is 6.92 Å². The number of aromatic nitrogens is 4. The van der Waals surface area contributed by atoms with E-state index in [4.69, 9.17) is 4.74 Å². The van der Waals surface area contributed by atoms with Crippen LogP contribution in [0.3, 0.4) is 0 Å². The van der Waals surface area contributed by atoms with Gasteiger partial charge in [0.05, 0.1) is 7.11 Å². The first-order valence-corrected chi connectivity index (χ1v) is 9.17. The second-order valence-electron chi connectivity index (χ2n) is 6.65. The maximum atomic E-state index is 12.5. The minimum absolute atomic E-state index is 0.0132. The third kappa shape index (κ3) is 3.66. The van der Waals surface area contributed by atoms with Crippen molar-refractivity contribution in [2.45, 2.75) is 6.92 Å². The number of carbonyl (C=O) groups is 1. The minimum Gasteiger partial charge on any atom is -0.497 e. The fourth-order valence-corrected chi connectivity index (χ4v) is 3.31. The first-order chi connectivity index (χ1) is 13.6. The number of ether oxygens (including phenoxy) is 1. The molecule has 1 aliphatic rings. The molecule has 28 heavy (non-hydrogen) atoms.